The summed E-state index contributed by atoms with van der Waals surface area (Å²) in [7, 11) is 0. The van der Waals surface area contributed by atoms with E-state index in [0.29, 0.717) is 23.3 Å². The van der Waals surface area contributed by atoms with E-state index in [2.05, 4.69) is 15.6 Å². The average molecular weight is 239 g/mol. The van der Waals surface area contributed by atoms with Crippen LogP contribution in [0.3, 0.4) is 0 Å². The van der Waals surface area contributed by atoms with Gasteiger partial charge in [-0.05, 0) is 19.8 Å². The zero-order valence-corrected chi connectivity index (χ0v) is 9.76. The molecule has 0 bridgehead atoms. The number of nitrogens with one attached hydrogen (secondary N) is 2. The Balaban J connectivity index is 2.00. The molecule has 2 N–H and O–H groups in total. The summed E-state index contributed by atoms with van der Waals surface area (Å²) in [6.07, 6.45) is 2.08. The minimum atomic E-state index is -0.224. The van der Waals surface area contributed by atoms with Crippen molar-refractivity contribution in [3.63, 3.8) is 0 Å². The molecule has 2 amide bonds. The van der Waals surface area contributed by atoms with Gasteiger partial charge in [-0.15, -0.1) is 11.3 Å². The SMILES string of the molecule is CCNC(=O)c1nc(C(=O)NC2CC2)cs1. The fourth-order valence-corrected chi connectivity index (χ4v) is 1.92. The van der Waals surface area contributed by atoms with Crippen LogP contribution in [-0.4, -0.2) is 29.4 Å². The van der Waals surface area contributed by atoms with Gasteiger partial charge < -0.3 is 10.6 Å². The van der Waals surface area contributed by atoms with E-state index in [4.69, 9.17) is 0 Å². The summed E-state index contributed by atoms with van der Waals surface area (Å²) in [5, 5.41) is 7.42. The van der Waals surface area contributed by atoms with Crippen molar-refractivity contribution in [2.75, 3.05) is 6.54 Å². The summed E-state index contributed by atoms with van der Waals surface area (Å²) in [6, 6.07) is 0.308. The number of thiazole rings is 1. The molecule has 0 atom stereocenters. The van der Waals surface area contributed by atoms with Crippen LogP contribution in [-0.2, 0) is 0 Å². The molecule has 86 valence electrons. The second kappa shape index (κ2) is 4.61. The first-order chi connectivity index (χ1) is 7.70. The summed E-state index contributed by atoms with van der Waals surface area (Å²) in [6.45, 7) is 2.40. The molecule has 0 saturated heterocycles. The minimum absolute atomic E-state index is 0.186. The average Bonchev–Trinajstić information content (AvgIpc) is 2.93. The number of nitrogens with zero attached hydrogens (tertiary/aromatic N) is 1. The molecule has 0 unspecified atom stereocenters. The molecule has 1 aliphatic carbocycles. The lowest BCUT2D eigenvalue weighted by molar-refractivity contribution is 0.0946. The smallest absolute Gasteiger partial charge is 0.280 e. The number of rotatable bonds is 4. The molecule has 16 heavy (non-hydrogen) atoms. The third kappa shape index (κ3) is 2.57. The lowest BCUT2D eigenvalue weighted by Crippen LogP contribution is -2.26. The van der Waals surface area contributed by atoms with Crippen LogP contribution >= 0.6 is 11.3 Å². The second-order valence-corrected chi connectivity index (χ2v) is 4.50. The third-order valence-corrected chi connectivity index (χ3v) is 3.02. The molecule has 1 saturated carbocycles. The predicted molar refractivity (Wildman–Crippen MR) is 60.6 cm³/mol. The van der Waals surface area contributed by atoms with Gasteiger partial charge in [-0.3, -0.25) is 9.59 Å². The van der Waals surface area contributed by atoms with Gasteiger partial charge in [0, 0.05) is 18.0 Å². The van der Waals surface area contributed by atoms with Crippen LogP contribution in [0.2, 0.25) is 0 Å². The van der Waals surface area contributed by atoms with Crippen molar-refractivity contribution in [2.24, 2.45) is 0 Å². The van der Waals surface area contributed by atoms with Gasteiger partial charge in [0.05, 0.1) is 0 Å². The molecule has 1 aliphatic rings. The Labute approximate surface area is 97.3 Å². The van der Waals surface area contributed by atoms with Crippen molar-refractivity contribution in [1.29, 1.82) is 0 Å². The monoisotopic (exact) mass is 239 g/mol. The van der Waals surface area contributed by atoms with Crippen molar-refractivity contribution in [3.05, 3.63) is 16.1 Å². The number of hydrogen-bond donors (Lipinski definition) is 2. The van der Waals surface area contributed by atoms with Gasteiger partial charge in [-0.2, -0.15) is 0 Å². The van der Waals surface area contributed by atoms with E-state index in [9.17, 15) is 9.59 Å². The number of amides is 2. The van der Waals surface area contributed by atoms with Crippen LogP contribution in [0.5, 0.6) is 0 Å². The van der Waals surface area contributed by atoms with Crippen molar-refractivity contribution in [3.8, 4) is 0 Å². The van der Waals surface area contributed by atoms with Crippen molar-refractivity contribution >= 4 is 23.2 Å². The van der Waals surface area contributed by atoms with E-state index in [-0.39, 0.29) is 11.8 Å². The molecular formula is C10H13N3O2S. The Morgan fingerprint density at radius 3 is 2.88 bits per heavy atom. The Morgan fingerprint density at radius 1 is 1.50 bits per heavy atom. The summed E-state index contributed by atoms with van der Waals surface area (Å²) >= 11 is 1.19. The highest BCUT2D eigenvalue weighted by Gasteiger charge is 2.25. The van der Waals surface area contributed by atoms with Gasteiger partial charge >= 0.3 is 0 Å². The number of carbonyl (C=O) groups is 2. The molecule has 5 nitrogen and oxygen atoms in total. The summed E-state index contributed by atoms with van der Waals surface area (Å²) < 4.78 is 0. The number of aromatic nitrogens is 1. The first kappa shape index (κ1) is 11.1. The van der Waals surface area contributed by atoms with Crippen LogP contribution < -0.4 is 10.6 Å². The molecule has 2 rings (SSSR count). The minimum Gasteiger partial charge on any atom is -0.350 e. The van der Waals surface area contributed by atoms with Crippen LogP contribution in [0, 0.1) is 0 Å². The highest BCUT2D eigenvalue weighted by Crippen LogP contribution is 2.19. The van der Waals surface area contributed by atoms with E-state index in [0.717, 1.165) is 12.8 Å². The van der Waals surface area contributed by atoms with Gasteiger partial charge in [-0.25, -0.2) is 4.98 Å². The lowest BCUT2D eigenvalue weighted by atomic mass is 10.4. The van der Waals surface area contributed by atoms with E-state index < -0.39 is 0 Å². The van der Waals surface area contributed by atoms with Gasteiger partial charge in [0.25, 0.3) is 11.8 Å². The maximum Gasteiger partial charge on any atom is 0.280 e. The zero-order valence-electron chi connectivity index (χ0n) is 8.95. The lowest BCUT2D eigenvalue weighted by Gasteiger charge is -1.98. The fraction of sp³-hybridized carbons (Fsp3) is 0.500. The Kier molecular flexibility index (Phi) is 3.19. The van der Waals surface area contributed by atoms with Gasteiger partial charge in [0.2, 0.25) is 0 Å². The topological polar surface area (TPSA) is 71.1 Å². The quantitative estimate of drug-likeness (QED) is 0.815. The second-order valence-electron chi connectivity index (χ2n) is 3.65. The van der Waals surface area contributed by atoms with E-state index in [1.54, 1.807) is 5.38 Å². The number of hydrogen-bond acceptors (Lipinski definition) is 4. The molecule has 1 aromatic rings. The third-order valence-electron chi connectivity index (χ3n) is 2.18. The predicted octanol–water partition coefficient (Wildman–Crippen LogP) is 0.785. The highest BCUT2D eigenvalue weighted by molar-refractivity contribution is 7.11. The van der Waals surface area contributed by atoms with E-state index in [1.165, 1.54) is 11.3 Å². The molecule has 6 heteroatoms. The maximum atomic E-state index is 11.6. The van der Waals surface area contributed by atoms with Crippen LogP contribution in [0.1, 0.15) is 40.1 Å². The van der Waals surface area contributed by atoms with Crippen molar-refractivity contribution in [2.45, 2.75) is 25.8 Å². The summed E-state index contributed by atoms with van der Waals surface area (Å²) in [5.74, 6) is -0.410. The van der Waals surface area contributed by atoms with Crippen LogP contribution in [0.4, 0.5) is 0 Å². The molecule has 0 aliphatic heterocycles. The van der Waals surface area contributed by atoms with Gasteiger partial charge in [0.15, 0.2) is 5.01 Å². The van der Waals surface area contributed by atoms with Crippen LogP contribution in [0.25, 0.3) is 0 Å². The van der Waals surface area contributed by atoms with Crippen molar-refractivity contribution in [1.82, 2.24) is 15.6 Å². The van der Waals surface area contributed by atoms with Crippen LogP contribution in [0.15, 0.2) is 5.38 Å². The normalized spacial score (nSPS) is 14.6. The Morgan fingerprint density at radius 2 is 2.25 bits per heavy atom. The largest absolute Gasteiger partial charge is 0.350 e. The Hall–Kier alpha value is -1.43. The molecule has 1 heterocycles. The highest BCUT2D eigenvalue weighted by atomic mass is 32.1. The van der Waals surface area contributed by atoms with E-state index >= 15 is 0 Å². The maximum absolute atomic E-state index is 11.6. The summed E-state index contributed by atoms with van der Waals surface area (Å²) in [5.41, 5.74) is 0.332. The molecule has 0 radical (unpaired) electrons. The summed E-state index contributed by atoms with van der Waals surface area (Å²) in [4.78, 5) is 27.0. The Bertz CT molecular complexity index is 412. The molecule has 0 spiro atoms. The molecule has 1 aromatic heterocycles. The van der Waals surface area contributed by atoms with Gasteiger partial charge in [-0.1, -0.05) is 0 Å². The first-order valence-electron chi connectivity index (χ1n) is 5.25. The fourth-order valence-electron chi connectivity index (χ4n) is 1.21. The zero-order chi connectivity index (χ0) is 11.5. The van der Waals surface area contributed by atoms with Crippen molar-refractivity contribution < 1.29 is 9.59 Å². The molecule has 1 fully saturated rings. The molecular weight excluding hydrogens is 226 g/mol. The number of carbonyl (C=O) groups excluding carboxylic acids is 2. The van der Waals surface area contributed by atoms with Gasteiger partial charge in [0.1, 0.15) is 5.69 Å². The first-order valence-corrected chi connectivity index (χ1v) is 6.13. The van der Waals surface area contributed by atoms with E-state index in [1.807, 2.05) is 6.92 Å². The molecule has 0 aromatic carbocycles. The standard InChI is InChI=1S/C10H13N3O2S/c1-2-11-9(15)10-13-7(5-16-10)8(14)12-6-3-4-6/h5-6H,2-4H2,1H3,(H,11,15)(H,12,14).